The summed E-state index contributed by atoms with van der Waals surface area (Å²) in [6, 6.07) is 5.37. The Balaban J connectivity index is 2.01. The predicted molar refractivity (Wildman–Crippen MR) is 54.8 cm³/mol. The highest BCUT2D eigenvalue weighted by molar-refractivity contribution is 5.77. The SMILES string of the molecule is O=C1CO[C@H](c2ccc(OC(F)(F)F)cc2)CN1. The molecular formula is C11H10F3NO3. The number of ether oxygens (including phenoxy) is 2. The van der Waals surface area contributed by atoms with Gasteiger partial charge in [-0.05, 0) is 17.7 Å². The summed E-state index contributed by atoms with van der Waals surface area (Å²) < 4.78 is 44.8. The Bertz CT molecular complexity index is 420. The van der Waals surface area contributed by atoms with Gasteiger partial charge in [-0.15, -0.1) is 13.2 Å². The van der Waals surface area contributed by atoms with Gasteiger partial charge in [-0.1, -0.05) is 12.1 Å². The lowest BCUT2D eigenvalue weighted by molar-refractivity contribution is -0.274. The average Bonchev–Trinajstić information content (AvgIpc) is 2.29. The predicted octanol–water partition coefficient (Wildman–Crippen LogP) is 1.77. The number of alkyl halides is 3. The lowest BCUT2D eigenvalue weighted by atomic mass is 10.1. The lowest BCUT2D eigenvalue weighted by Crippen LogP contribution is -2.38. The van der Waals surface area contributed by atoms with Crippen molar-refractivity contribution in [2.45, 2.75) is 12.5 Å². The molecule has 0 aliphatic carbocycles. The summed E-state index contributed by atoms with van der Waals surface area (Å²) in [7, 11) is 0. The van der Waals surface area contributed by atoms with Gasteiger partial charge in [0.05, 0.1) is 0 Å². The molecule has 0 bridgehead atoms. The van der Waals surface area contributed by atoms with E-state index in [-0.39, 0.29) is 24.4 Å². The van der Waals surface area contributed by atoms with Crippen LogP contribution in [0.1, 0.15) is 11.7 Å². The molecule has 1 heterocycles. The average molecular weight is 261 g/mol. The molecule has 0 aromatic heterocycles. The van der Waals surface area contributed by atoms with E-state index in [0.29, 0.717) is 12.1 Å². The van der Waals surface area contributed by atoms with Gasteiger partial charge in [0.1, 0.15) is 18.5 Å². The molecule has 1 aliphatic rings. The van der Waals surface area contributed by atoms with Crippen LogP contribution in [0.3, 0.4) is 0 Å². The van der Waals surface area contributed by atoms with Crippen LogP contribution in [0.5, 0.6) is 5.75 Å². The highest BCUT2D eigenvalue weighted by atomic mass is 19.4. The third-order valence-electron chi connectivity index (χ3n) is 2.39. The maximum atomic E-state index is 11.9. The van der Waals surface area contributed by atoms with Crippen molar-refractivity contribution >= 4 is 5.91 Å². The van der Waals surface area contributed by atoms with E-state index < -0.39 is 6.36 Å². The van der Waals surface area contributed by atoms with Crippen LogP contribution in [0.15, 0.2) is 24.3 Å². The molecule has 4 nitrogen and oxygen atoms in total. The number of carbonyl (C=O) groups excluding carboxylic acids is 1. The highest BCUT2D eigenvalue weighted by Crippen LogP contribution is 2.25. The second-order valence-corrected chi connectivity index (χ2v) is 3.72. The van der Waals surface area contributed by atoms with Crippen LogP contribution in [0.4, 0.5) is 13.2 Å². The van der Waals surface area contributed by atoms with E-state index >= 15 is 0 Å². The molecule has 0 saturated carbocycles. The van der Waals surface area contributed by atoms with E-state index in [1.54, 1.807) is 0 Å². The summed E-state index contributed by atoms with van der Waals surface area (Å²) in [6.45, 7) is 0.254. The van der Waals surface area contributed by atoms with E-state index in [4.69, 9.17) is 4.74 Å². The van der Waals surface area contributed by atoms with Gasteiger partial charge in [0.2, 0.25) is 5.91 Å². The van der Waals surface area contributed by atoms with E-state index in [1.807, 2.05) is 0 Å². The van der Waals surface area contributed by atoms with Crippen molar-refractivity contribution in [3.63, 3.8) is 0 Å². The largest absolute Gasteiger partial charge is 0.573 e. The van der Waals surface area contributed by atoms with Crippen molar-refractivity contribution in [1.29, 1.82) is 0 Å². The first-order chi connectivity index (χ1) is 8.44. The number of hydrogen-bond acceptors (Lipinski definition) is 3. The molecule has 1 atom stereocenters. The molecule has 7 heteroatoms. The fourth-order valence-corrected chi connectivity index (χ4v) is 1.59. The summed E-state index contributed by atoms with van der Waals surface area (Å²) in [5.74, 6) is -0.491. The molecule has 1 fully saturated rings. The minimum absolute atomic E-state index is 0.0501. The van der Waals surface area contributed by atoms with Crippen molar-refractivity contribution in [3.05, 3.63) is 29.8 Å². The fourth-order valence-electron chi connectivity index (χ4n) is 1.59. The van der Waals surface area contributed by atoms with Crippen LogP contribution >= 0.6 is 0 Å². The summed E-state index contributed by atoms with van der Waals surface area (Å²) in [6.07, 6.45) is -5.04. The maximum absolute atomic E-state index is 11.9. The fraction of sp³-hybridized carbons (Fsp3) is 0.364. The zero-order valence-electron chi connectivity index (χ0n) is 9.16. The van der Waals surface area contributed by atoms with E-state index in [9.17, 15) is 18.0 Å². The Morgan fingerprint density at radius 3 is 2.44 bits per heavy atom. The van der Waals surface area contributed by atoms with Crippen LogP contribution in [-0.4, -0.2) is 25.4 Å². The van der Waals surface area contributed by atoms with Gasteiger partial charge < -0.3 is 14.8 Å². The standard InChI is InChI=1S/C11H10F3NO3/c12-11(13,14)18-8-3-1-7(2-4-8)9-5-15-10(16)6-17-9/h1-4,9H,5-6H2,(H,15,16)/t9-/m0/s1. The third kappa shape index (κ3) is 3.36. The van der Waals surface area contributed by atoms with Crippen molar-refractivity contribution in [1.82, 2.24) is 5.32 Å². The Morgan fingerprint density at radius 2 is 1.94 bits per heavy atom. The van der Waals surface area contributed by atoms with Gasteiger partial charge in [0.25, 0.3) is 0 Å². The van der Waals surface area contributed by atoms with Crippen molar-refractivity contribution in [2.24, 2.45) is 0 Å². The highest BCUT2D eigenvalue weighted by Gasteiger charge is 2.31. The van der Waals surface area contributed by atoms with Gasteiger partial charge in [-0.3, -0.25) is 4.79 Å². The Hall–Kier alpha value is -1.76. The van der Waals surface area contributed by atoms with E-state index in [0.717, 1.165) is 0 Å². The number of carbonyl (C=O) groups is 1. The zero-order valence-corrected chi connectivity index (χ0v) is 9.16. The van der Waals surface area contributed by atoms with Crippen molar-refractivity contribution in [3.8, 4) is 5.75 Å². The molecule has 1 aromatic rings. The molecule has 1 N–H and O–H groups in total. The first-order valence-electron chi connectivity index (χ1n) is 5.18. The Kier molecular flexibility index (Phi) is 3.42. The molecule has 1 aliphatic heterocycles. The van der Waals surface area contributed by atoms with E-state index in [1.165, 1.54) is 24.3 Å². The molecule has 98 valence electrons. The van der Waals surface area contributed by atoms with Crippen LogP contribution in [0, 0.1) is 0 Å². The topological polar surface area (TPSA) is 47.6 Å². The molecule has 2 rings (SSSR count). The van der Waals surface area contributed by atoms with Crippen LogP contribution < -0.4 is 10.1 Å². The molecule has 1 saturated heterocycles. The number of amides is 1. The van der Waals surface area contributed by atoms with Gasteiger partial charge >= 0.3 is 6.36 Å². The smallest absolute Gasteiger partial charge is 0.406 e. The van der Waals surface area contributed by atoms with Gasteiger partial charge in [-0.2, -0.15) is 0 Å². The zero-order chi connectivity index (χ0) is 13.2. The van der Waals surface area contributed by atoms with Gasteiger partial charge in [-0.25, -0.2) is 0 Å². The molecule has 0 unspecified atom stereocenters. The minimum Gasteiger partial charge on any atom is -0.406 e. The summed E-state index contributed by atoms with van der Waals surface area (Å²) >= 11 is 0. The normalized spacial score (nSPS) is 20.4. The summed E-state index contributed by atoms with van der Waals surface area (Å²) in [5, 5.41) is 2.61. The number of halogens is 3. The minimum atomic E-state index is -4.70. The Morgan fingerprint density at radius 1 is 1.28 bits per heavy atom. The molecule has 1 amide bonds. The van der Waals surface area contributed by atoms with Crippen LogP contribution in [-0.2, 0) is 9.53 Å². The molecule has 1 aromatic carbocycles. The Labute approximate surface area is 101 Å². The summed E-state index contributed by atoms with van der Waals surface area (Å²) in [4.78, 5) is 10.9. The van der Waals surface area contributed by atoms with Crippen LogP contribution in [0.2, 0.25) is 0 Å². The number of benzene rings is 1. The van der Waals surface area contributed by atoms with Crippen molar-refractivity contribution in [2.75, 3.05) is 13.2 Å². The number of morpholine rings is 1. The maximum Gasteiger partial charge on any atom is 0.573 e. The number of nitrogens with one attached hydrogen (secondary N) is 1. The lowest BCUT2D eigenvalue weighted by Gasteiger charge is -2.23. The van der Waals surface area contributed by atoms with E-state index in [2.05, 4.69) is 10.1 Å². The van der Waals surface area contributed by atoms with Gasteiger partial charge in [0.15, 0.2) is 0 Å². The summed E-state index contributed by atoms with van der Waals surface area (Å²) in [5.41, 5.74) is 0.685. The van der Waals surface area contributed by atoms with Crippen LogP contribution in [0.25, 0.3) is 0 Å². The first-order valence-corrected chi connectivity index (χ1v) is 5.18. The molecule has 0 radical (unpaired) electrons. The molecular weight excluding hydrogens is 251 g/mol. The van der Waals surface area contributed by atoms with Crippen molar-refractivity contribution < 1.29 is 27.4 Å². The molecule has 18 heavy (non-hydrogen) atoms. The van der Waals surface area contributed by atoms with Gasteiger partial charge in [0, 0.05) is 6.54 Å². The number of hydrogen-bond donors (Lipinski definition) is 1. The second-order valence-electron chi connectivity index (χ2n) is 3.72. The quantitative estimate of drug-likeness (QED) is 0.882. The second kappa shape index (κ2) is 4.85. The first kappa shape index (κ1) is 12.7. The molecule has 0 spiro atoms. The third-order valence-corrected chi connectivity index (χ3v) is 2.39. The monoisotopic (exact) mass is 261 g/mol. The number of rotatable bonds is 2.